The summed E-state index contributed by atoms with van der Waals surface area (Å²) in [5, 5.41) is 0.878. The van der Waals surface area contributed by atoms with Crippen LogP contribution in [0.4, 0.5) is 5.95 Å². The Hall–Kier alpha value is -0.970. The normalized spacial score (nSPS) is 10.1. The van der Waals surface area contributed by atoms with Gasteiger partial charge in [0.05, 0.1) is 7.11 Å². The first-order valence-electron chi connectivity index (χ1n) is 4.57. The number of hydrogen-bond donors (Lipinski definition) is 1. The van der Waals surface area contributed by atoms with Gasteiger partial charge in [-0.15, -0.1) is 11.8 Å². The molecule has 0 amide bonds. The number of methoxy groups -OCH3 is 1. The topological polar surface area (TPSA) is 61.0 Å². The average Bonchev–Trinajstić information content (AvgIpc) is 2.17. The Morgan fingerprint density at radius 3 is 2.93 bits per heavy atom. The van der Waals surface area contributed by atoms with Gasteiger partial charge >= 0.3 is 0 Å². The van der Waals surface area contributed by atoms with Crippen molar-refractivity contribution in [3.05, 3.63) is 6.07 Å². The van der Waals surface area contributed by atoms with E-state index in [0.29, 0.717) is 5.88 Å². The summed E-state index contributed by atoms with van der Waals surface area (Å²) in [5.74, 6) is 1.84. The second kappa shape index (κ2) is 5.70. The van der Waals surface area contributed by atoms with Crippen LogP contribution in [0.15, 0.2) is 11.1 Å². The van der Waals surface area contributed by atoms with Crippen molar-refractivity contribution in [2.75, 3.05) is 18.6 Å². The molecule has 0 saturated heterocycles. The number of thioether (sulfide) groups is 1. The van der Waals surface area contributed by atoms with Gasteiger partial charge in [0.15, 0.2) is 0 Å². The molecule has 0 aromatic carbocycles. The largest absolute Gasteiger partial charge is 0.481 e. The van der Waals surface area contributed by atoms with Crippen LogP contribution in [0, 0.1) is 0 Å². The Balaban J connectivity index is 2.62. The zero-order chi connectivity index (χ0) is 10.4. The molecule has 1 aromatic rings. The SMILES string of the molecule is CCCCSc1cc(OC)nc(N)n1. The van der Waals surface area contributed by atoms with Crippen LogP contribution in [-0.2, 0) is 0 Å². The van der Waals surface area contributed by atoms with Crippen molar-refractivity contribution in [2.24, 2.45) is 0 Å². The van der Waals surface area contributed by atoms with E-state index in [0.717, 1.165) is 10.8 Å². The molecule has 0 bridgehead atoms. The van der Waals surface area contributed by atoms with Crippen LogP contribution in [0.1, 0.15) is 19.8 Å². The summed E-state index contributed by atoms with van der Waals surface area (Å²) in [5.41, 5.74) is 5.52. The maximum atomic E-state index is 5.52. The van der Waals surface area contributed by atoms with Crippen LogP contribution >= 0.6 is 11.8 Å². The molecule has 0 saturated carbocycles. The van der Waals surface area contributed by atoms with Crippen molar-refractivity contribution in [3.8, 4) is 5.88 Å². The molecule has 5 heteroatoms. The third-order valence-corrected chi connectivity index (χ3v) is 2.65. The summed E-state index contributed by atoms with van der Waals surface area (Å²) in [6, 6.07) is 1.80. The molecule has 0 atom stereocenters. The van der Waals surface area contributed by atoms with Gasteiger partial charge in [0.2, 0.25) is 11.8 Å². The van der Waals surface area contributed by atoms with Crippen LogP contribution in [-0.4, -0.2) is 22.8 Å². The molecule has 1 heterocycles. The summed E-state index contributed by atoms with van der Waals surface area (Å²) in [7, 11) is 1.57. The number of unbranched alkanes of at least 4 members (excludes halogenated alkanes) is 1. The van der Waals surface area contributed by atoms with Gasteiger partial charge in [-0.2, -0.15) is 4.98 Å². The van der Waals surface area contributed by atoms with E-state index in [9.17, 15) is 0 Å². The van der Waals surface area contributed by atoms with Crippen LogP contribution in [0.3, 0.4) is 0 Å². The Morgan fingerprint density at radius 1 is 1.50 bits per heavy atom. The minimum absolute atomic E-state index is 0.267. The van der Waals surface area contributed by atoms with Crippen LogP contribution in [0.2, 0.25) is 0 Å². The third kappa shape index (κ3) is 3.41. The van der Waals surface area contributed by atoms with Crippen molar-refractivity contribution in [1.29, 1.82) is 0 Å². The van der Waals surface area contributed by atoms with Crippen LogP contribution in [0.25, 0.3) is 0 Å². The summed E-state index contributed by atoms with van der Waals surface area (Å²) < 4.78 is 5.00. The van der Waals surface area contributed by atoms with Gasteiger partial charge in [-0.3, -0.25) is 0 Å². The molecule has 0 aliphatic carbocycles. The lowest BCUT2D eigenvalue weighted by molar-refractivity contribution is 0.396. The fraction of sp³-hybridized carbons (Fsp3) is 0.556. The molecular formula is C9H15N3OS. The molecule has 14 heavy (non-hydrogen) atoms. The highest BCUT2D eigenvalue weighted by atomic mass is 32.2. The second-order valence-electron chi connectivity index (χ2n) is 2.81. The van der Waals surface area contributed by atoms with E-state index in [2.05, 4.69) is 16.9 Å². The van der Waals surface area contributed by atoms with E-state index in [1.54, 1.807) is 24.9 Å². The zero-order valence-corrected chi connectivity index (χ0v) is 9.30. The smallest absolute Gasteiger partial charge is 0.224 e. The molecule has 2 N–H and O–H groups in total. The molecule has 0 spiro atoms. The summed E-state index contributed by atoms with van der Waals surface area (Å²) >= 11 is 1.68. The first kappa shape index (κ1) is 11.1. The van der Waals surface area contributed by atoms with E-state index in [-0.39, 0.29) is 5.95 Å². The molecule has 0 fully saturated rings. The average molecular weight is 213 g/mol. The van der Waals surface area contributed by atoms with Crippen LogP contribution in [0.5, 0.6) is 5.88 Å². The molecular weight excluding hydrogens is 198 g/mol. The predicted octanol–water partition coefficient (Wildman–Crippen LogP) is 1.96. The van der Waals surface area contributed by atoms with Gasteiger partial charge in [-0.05, 0) is 12.2 Å². The number of nitrogen functional groups attached to an aromatic ring is 1. The van der Waals surface area contributed by atoms with Crippen molar-refractivity contribution < 1.29 is 4.74 Å². The lowest BCUT2D eigenvalue weighted by Crippen LogP contribution is -1.98. The Morgan fingerprint density at radius 2 is 2.29 bits per heavy atom. The fourth-order valence-corrected chi connectivity index (χ4v) is 1.90. The molecule has 4 nitrogen and oxygen atoms in total. The molecule has 0 radical (unpaired) electrons. The predicted molar refractivity (Wildman–Crippen MR) is 58.6 cm³/mol. The van der Waals surface area contributed by atoms with Gasteiger partial charge < -0.3 is 10.5 Å². The number of nitrogens with two attached hydrogens (primary N) is 1. The molecule has 0 unspecified atom stereocenters. The third-order valence-electron chi connectivity index (χ3n) is 1.65. The van der Waals surface area contributed by atoms with Crippen molar-refractivity contribution in [1.82, 2.24) is 9.97 Å². The minimum Gasteiger partial charge on any atom is -0.481 e. The Labute approximate surface area is 88.3 Å². The van der Waals surface area contributed by atoms with E-state index in [1.165, 1.54) is 12.8 Å². The monoisotopic (exact) mass is 213 g/mol. The highest BCUT2D eigenvalue weighted by Crippen LogP contribution is 2.21. The lowest BCUT2D eigenvalue weighted by atomic mass is 10.4. The maximum Gasteiger partial charge on any atom is 0.224 e. The number of rotatable bonds is 5. The molecule has 0 aliphatic heterocycles. The van der Waals surface area contributed by atoms with Gasteiger partial charge in [0.1, 0.15) is 5.03 Å². The number of hydrogen-bond acceptors (Lipinski definition) is 5. The second-order valence-corrected chi connectivity index (χ2v) is 3.92. The highest BCUT2D eigenvalue weighted by molar-refractivity contribution is 7.99. The van der Waals surface area contributed by atoms with E-state index in [1.807, 2.05) is 0 Å². The van der Waals surface area contributed by atoms with E-state index >= 15 is 0 Å². The summed E-state index contributed by atoms with van der Waals surface area (Å²) in [4.78, 5) is 8.01. The molecule has 78 valence electrons. The minimum atomic E-state index is 0.267. The Kier molecular flexibility index (Phi) is 4.52. The van der Waals surface area contributed by atoms with Crippen molar-refractivity contribution in [2.45, 2.75) is 24.8 Å². The first-order chi connectivity index (χ1) is 6.76. The molecule has 1 aromatic heterocycles. The van der Waals surface area contributed by atoms with Gasteiger partial charge in [-0.25, -0.2) is 4.98 Å². The maximum absolute atomic E-state index is 5.52. The number of ether oxygens (including phenoxy) is 1. The highest BCUT2D eigenvalue weighted by Gasteiger charge is 2.02. The summed E-state index contributed by atoms with van der Waals surface area (Å²) in [6.45, 7) is 2.16. The number of anilines is 1. The fourth-order valence-electron chi connectivity index (χ4n) is 0.921. The Bertz CT molecular complexity index is 293. The van der Waals surface area contributed by atoms with E-state index < -0.39 is 0 Å². The molecule has 0 aliphatic rings. The first-order valence-corrected chi connectivity index (χ1v) is 5.56. The van der Waals surface area contributed by atoms with Gasteiger partial charge in [-0.1, -0.05) is 13.3 Å². The quantitative estimate of drug-likeness (QED) is 0.460. The summed E-state index contributed by atoms with van der Waals surface area (Å²) in [6.07, 6.45) is 2.36. The molecule has 1 rings (SSSR count). The van der Waals surface area contributed by atoms with Crippen molar-refractivity contribution >= 4 is 17.7 Å². The van der Waals surface area contributed by atoms with Crippen LogP contribution < -0.4 is 10.5 Å². The number of nitrogens with zero attached hydrogens (tertiary/aromatic N) is 2. The lowest BCUT2D eigenvalue weighted by Gasteiger charge is -2.03. The zero-order valence-electron chi connectivity index (χ0n) is 8.49. The van der Waals surface area contributed by atoms with Gasteiger partial charge in [0.25, 0.3) is 0 Å². The standard InChI is InChI=1S/C9H15N3OS/c1-3-4-5-14-8-6-7(13-2)11-9(10)12-8/h6H,3-5H2,1-2H3,(H2,10,11,12). The van der Waals surface area contributed by atoms with Gasteiger partial charge in [0, 0.05) is 6.07 Å². The number of aromatic nitrogens is 2. The van der Waals surface area contributed by atoms with Crippen molar-refractivity contribution in [3.63, 3.8) is 0 Å². The van der Waals surface area contributed by atoms with E-state index in [4.69, 9.17) is 10.5 Å².